The van der Waals surface area contributed by atoms with Crippen molar-refractivity contribution >= 4 is 24.2 Å². The van der Waals surface area contributed by atoms with Crippen LogP contribution in [0.15, 0.2) is 51.6 Å². The second-order valence-corrected chi connectivity index (χ2v) is 6.43. The van der Waals surface area contributed by atoms with Crippen LogP contribution in [0.2, 0.25) is 5.02 Å². The molecule has 0 bridgehead atoms. The third-order valence-electron chi connectivity index (χ3n) is 3.84. The summed E-state index contributed by atoms with van der Waals surface area (Å²) in [5, 5.41) is 12.6. The fraction of sp³-hybridized carbons (Fsp3) is 0.176. The fourth-order valence-corrected chi connectivity index (χ4v) is 3.10. The van der Waals surface area contributed by atoms with Gasteiger partial charge in [-0.05, 0) is 37.3 Å². The fourth-order valence-electron chi connectivity index (χ4n) is 2.62. The Bertz CT molecular complexity index is 1030. The summed E-state index contributed by atoms with van der Waals surface area (Å²) in [5.74, 6) is 2.65. The molecule has 0 spiro atoms. The highest BCUT2D eigenvalue weighted by atomic mass is 35.5. The van der Waals surface area contributed by atoms with Crippen molar-refractivity contribution in [2.75, 3.05) is 0 Å². The van der Waals surface area contributed by atoms with Crippen LogP contribution in [0, 0.1) is 0 Å². The lowest BCUT2D eigenvalue weighted by atomic mass is 10.2. The van der Waals surface area contributed by atoms with Gasteiger partial charge in [0, 0.05) is 17.1 Å². The minimum absolute atomic E-state index is 0.371. The Balaban J connectivity index is 1.68. The van der Waals surface area contributed by atoms with E-state index in [1.54, 1.807) is 24.5 Å². The minimum atomic E-state index is -0.497. The number of benzene rings is 1. The molecule has 0 N–H and O–H groups in total. The summed E-state index contributed by atoms with van der Waals surface area (Å²) < 4.78 is 12.7. The monoisotopic (exact) mass is 387 g/mol. The van der Waals surface area contributed by atoms with E-state index in [4.69, 9.17) is 20.5 Å². The van der Waals surface area contributed by atoms with E-state index in [-0.39, 0.29) is 0 Å². The van der Waals surface area contributed by atoms with Crippen LogP contribution in [-0.2, 0) is 6.54 Å². The predicted molar refractivity (Wildman–Crippen MR) is 99.0 cm³/mol. The van der Waals surface area contributed by atoms with Gasteiger partial charge in [-0.2, -0.15) is 17.6 Å². The number of thiol groups is 1. The van der Waals surface area contributed by atoms with Gasteiger partial charge in [-0.1, -0.05) is 22.8 Å². The number of halogens is 1. The first-order valence-corrected chi connectivity index (χ1v) is 8.81. The molecule has 4 rings (SSSR count). The highest BCUT2D eigenvalue weighted by Gasteiger charge is 2.25. The van der Waals surface area contributed by atoms with Crippen molar-refractivity contribution in [1.82, 2.24) is 24.9 Å². The molecule has 1 atom stereocenters. The molecular weight excluding hydrogens is 374 g/mol. The zero-order chi connectivity index (χ0) is 18.1. The van der Waals surface area contributed by atoms with Gasteiger partial charge in [0.2, 0.25) is 0 Å². The van der Waals surface area contributed by atoms with E-state index < -0.39 is 5.25 Å². The Hall–Kier alpha value is -2.58. The number of nitrogens with zero attached hydrogens (tertiary/aromatic N) is 5. The van der Waals surface area contributed by atoms with Crippen LogP contribution < -0.4 is 0 Å². The molecule has 3 aromatic heterocycles. The Labute approximate surface area is 159 Å². The summed E-state index contributed by atoms with van der Waals surface area (Å²) in [6.45, 7) is 2.64. The molecule has 0 aliphatic rings. The van der Waals surface area contributed by atoms with E-state index in [0.717, 1.165) is 5.56 Å². The van der Waals surface area contributed by atoms with Crippen molar-refractivity contribution in [3.8, 4) is 23.0 Å². The molecule has 26 heavy (non-hydrogen) atoms. The van der Waals surface area contributed by atoms with E-state index in [9.17, 15) is 0 Å². The molecule has 0 aliphatic carbocycles. The van der Waals surface area contributed by atoms with Gasteiger partial charge >= 0.3 is 0 Å². The van der Waals surface area contributed by atoms with Crippen molar-refractivity contribution in [2.24, 2.45) is 0 Å². The SMILES string of the molecule is CCn1c(-c2ccco2)nnc1C(S)c1noc(-c2cccc(Cl)c2)n1. The Morgan fingerprint density at radius 2 is 2.12 bits per heavy atom. The molecule has 0 radical (unpaired) electrons. The van der Waals surface area contributed by atoms with Gasteiger partial charge in [0.1, 0.15) is 5.25 Å². The molecule has 3 heterocycles. The van der Waals surface area contributed by atoms with Crippen LogP contribution >= 0.6 is 24.2 Å². The second kappa shape index (κ2) is 6.97. The van der Waals surface area contributed by atoms with Gasteiger partial charge in [-0.15, -0.1) is 10.2 Å². The Morgan fingerprint density at radius 1 is 1.23 bits per heavy atom. The quantitative estimate of drug-likeness (QED) is 0.514. The molecule has 1 aromatic carbocycles. The van der Waals surface area contributed by atoms with E-state index in [2.05, 4.69) is 33.0 Å². The van der Waals surface area contributed by atoms with Crippen LogP contribution in [0.4, 0.5) is 0 Å². The van der Waals surface area contributed by atoms with Gasteiger partial charge in [0.25, 0.3) is 5.89 Å². The van der Waals surface area contributed by atoms with Crippen molar-refractivity contribution in [3.63, 3.8) is 0 Å². The van der Waals surface area contributed by atoms with E-state index >= 15 is 0 Å². The molecule has 0 saturated heterocycles. The smallest absolute Gasteiger partial charge is 0.258 e. The van der Waals surface area contributed by atoms with Crippen LogP contribution in [0.25, 0.3) is 23.0 Å². The van der Waals surface area contributed by atoms with Crippen LogP contribution in [0.3, 0.4) is 0 Å². The van der Waals surface area contributed by atoms with Crippen molar-refractivity contribution in [3.05, 3.63) is 59.3 Å². The highest BCUT2D eigenvalue weighted by molar-refractivity contribution is 7.80. The number of furan rings is 1. The summed E-state index contributed by atoms with van der Waals surface area (Å²) in [7, 11) is 0. The number of hydrogen-bond acceptors (Lipinski definition) is 7. The first-order chi connectivity index (χ1) is 12.7. The predicted octanol–water partition coefficient (Wildman–Crippen LogP) is 4.28. The van der Waals surface area contributed by atoms with Gasteiger partial charge in [-0.25, -0.2) is 0 Å². The normalized spacial score (nSPS) is 12.4. The molecule has 0 aliphatic heterocycles. The maximum absolute atomic E-state index is 6.02. The maximum atomic E-state index is 6.02. The highest BCUT2D eigenvalue weighted by Crippen LogP contribution is 2.30. The summed E-state index contributed by atoms with van der Waals surface area (Å²) in [6.07, 6.45) is 1.60. The van der Waals surface area contributed by atoms with Crippen LogP contribution in [0.5, 0.6) is 0 Å². The minimum Gasteiger partial charge on any atom is -0.461 e. The lowest BCUT2D eigenvalue weighted by molar-refractivity contribution is 0.422. The molecule has 1 unspecified atom stereocenters. The third-order valence-corrected chi connectivity index (χ3v) is 4.54. The summed E-state index contributed by atoms with van der Waals surface area (Å²) >= 11 is 10.6. The average Bonchev–Trinajstić information content (AvgIpc) is 3.40. The molecule has 4 aromatic rings. The third kappa shape index (κ3) is 3.02. The molecule has 9 heteroatoms. The largest absolute Gasteiger partial charge is 0.461 e. The summed E-state index contributed by atoms with van der Waals surface area (Å²) in [4.78, 5) is 4.43. The number of hydrogen-bond donors (Lipinski definition) is 1. The zero-order valence-electron chi connectivity index (χ0n) is 13.7. The van der Waals surface area contributed by atoms with Gasteiger partial charge in [-0.3, -0.25) is 0 Å². The van der Waals surface area contributed by atoms with Crippen molar-refractivity contribution < 1.29 is 8.94 Å². The summed E-state index contributed by atoms with van der Waals surface area (Å²) in [6, 6.07) is 10.8. The molecule has 132 valence electrons. The first-order valence-electron chi connectivity index (χ1n) is 7.92. The topological polar surface area (TPSA) is 82.8 Å². The molecular formula is C17H14ClN5O2S. The lowest BCUT2D eigenvalue weighted by Crippen LogP contribution is -2.08. The van der Waals surface area contributed by atoms with E-state index in [1.165, 1.54) is 0 Å². The first kappa shape index (κ1) is 16.9. The van der Waals surface area contributed by atoms with Crippen molar-refractivity contribution in [1.29, 1.82) is 0 Å². The number of rotatable bonds is 5. The second-order valence-electron chi connectivity index (χ2n) is 5.47. The van der Waals surface area contributed by atoms with Crippen LogP contribution in [0.1, 0.15) is 23.8 Å². The van der Waals surface area contributed by atoms with E-state index in [0.29, 0.717) is 40.7 Å². The molecule has 0 fully saturated rings. The zero-order valence-corrected chi connectivity index (χ0v) is 15.4. The van der Waals surface area contributed by atoms with Gasteiger partial charge in [0.05, 0.1) is 6.26 Å². The van der Waals surface area contributed by atoms with Gasteiger partial charge < -0.3 is 13.5 Å². The van der Waals surface area contributed by atoms with E-state index in [1.807, 2.05) is 29.7 Å². The molecule has 0 saturated carbocycles. The Kier molecular flexibility index (Phi) is 4.52. The lowest BCUT2D eigenvalue weighted by Gasteiger charge is -2.09. The Morgan fingerprint density at radius 3 is 2.85 bits per heavy atom. The van der Waals surface area contributed by atoms with Gasteiger partial charge in [0.15, 0.2) is 23.2 Å². The molecule has 0 amide bonds. The van der Waals surface area contributed by atoms with Crippen LogP contribution in [-0.4, -0.2) is 24.9 Å². The van der Waals surface area contributed by atoms with Crippen molar-refractivity contribution in [2.45, 2.75) is 18.7 Å². The molecule has 7 nitrogen and oxygen atoms in total. The number of aromatic nitrogens is 5. The summed E-state index contributed by atoms with van der Waals surface area (Å²) in [5.41, 5.74) is 0.741. The average molecular weight is 388 g/mol. The maximum Gasteiger partial charge on any atom is 0.258 e. The standard InChI is InChI=1S/C17H14ClN5O2S/c1-2-23-15(12-7-4-8-24-12)20-21-16(23)13(26)14-19-17(25-22-14)10-5-3-6-11(18)9-10/h3-9,13,26H,2H2,1H3.